The highest BCUT2D eigenvalue weighted by Gasteiger charge is 2.40. The fraction of sp³-hybridized carbons (Fsp3) is 0.889. The average molecular weight is 189 g/mol. The zero-order chi connectivity index (χ0) is 10.5. The van der Waals surface area contributed by atoms with Gasteiger partial charge in [-0.05, 0) is 19.5 Å². The van der Waals surface area contributed by atoms with Gasteiger partial charge in [-0.3, -0.25) is 9.69 Å². The molecule has 0 heterocycles. The minimum Gasteiger partial charge on any atom is -0.480 e. The molecule has 0 fully saturated rings. The first kappa shape index (κ1) is 12.4. The van der Waals surface area contributed by atoms with Crippen LogP contribution < -0.4 is 0 Å². The van der Waals surface area contributed by atoms with E-state index in [0.29, 0.717) is 19.5 Å². The van der Waals surface area contributed by atoms with Crippen LogP contribution in [0, 0.1) is 0 Å². The third-order valence-electron chi connectivity index (χ3n) is 2.61. The molecule has 0 aliphatic rings. The Morgan fingerprint density at radius 3 is 1.85 bits per heavy atom. The third kappa shape index (κ3) is 2.19. The Labute approximate surface area is 79.2 Å². The first-order valence-electron chi connectivity index (χ1n) is 4.68. The van der Waals surface area contributed by atoms with Gasteiger partial charge < -0.3 is 10.2 Å². The summed E-state index contributed by atoms with van der Waals surface area (Å²) in [6.45, 7) is 6.51. The smallest absolute Gasteiger partial charge is 0.326 e. The number of likely N-dealkylation sites (N-methyl/N-ethyl adjacent to an activating group) is 1. The number of carbonyl (C=O) groups is 1. The Hall–Kier alpha value is -0.610. The van der Waals surface area contributed by atoms with Gasteiger partial charge in [0.05, 0.1) is 6.61 Å². The summed E-state index contributed by atoms with van der Waals surface area (Å²) >= 11 is 0. The molecule has 0 spiro atoms. The number of hydrogen-bond donors (Lipinski definition) is 2. The molecule has 0 saturated carbocycles. The van der Waals surface area contributed by atoms with Crippen molar-refractivity contribution in [1.29, 1.82) is 0 Å². The van der Waals surface area contributed by atoms with Crippen molar-refractivity contribution in [2.45, 2.75) is 32.7 Å². The third-order valence-corrected chi connectivity index (χ3v) is 2.61. The molecule has 0 aromatic rings. The van der Waals surface area contributed by atoms with Crippen LogP contribution in [0.2, 0.25) is 0 Å². The highest BCUT2D eigenvalue weighted by atomic mass is 16.4. The molecular formula is C9H19NO3. The Morgan fingerprint density at radius 2 is 1.77 bits per heavy atom. The van der Waals surface area contributed by atoms with Crippen molar-refractivity contribution in [3.05, 3.63) is 0 Å². The average Bonchev–Trinajstić information content (AvgIpc) is 2.13. The van der Waals surface area contributed by atoms with Crippen molar-refractivity contribution in [2.24, 2.45) is 0 Å². The second kappa shape index (κ2) is 5.19. The molecule has 2 N–H and O–H groups in total. The van der Waals surface area contributed by atoms with Crippen LogP contribution in [0.4, 0.5) is 0 Å². The lowest BCUT2D eigenvalue weighted by Crippen LogP contribution is -2.56. The van der Waals surface area contributed by atoms with Crippen molar-refractivity contribution in [3.63, 3.8) is 0 Å². The van der Waals surface area contributed by atoms with Gasteiger partial charge in [-0.25, -0.2) is 0 Å². The fourth-order valence-electron chi connectivity index (χ4n) is 1.62. The summed E-state index contributed by atoms with van der Waals surface area (Å²) in [5.74, 6) is -0.943. The maximum absolute atomic E-state index is 11.0. The van der Waals surface area contributed by atoms with Crippen LogP contribution in [0.5, 0.6) is 0 Å². The minimum absolute atomic E-state index is 0.333. The molecule has 0 aliphatic heterocycles. The predicted molar refractivity (Wildman–Crippen MR) is 50.7 cm³/mol. The van der Waals surface area contributed by atoms with E-state index in [1.165, 1.54) is 0 Å². The van der Waals surface area contributed by atoms with Gasteiger partial charge in [0.1, 0.15) is 5.54 Å². The number of aliphatic carboxylic acids is 1. The Balaban J connectivity index is 4.82. The van der Waals surface area contributed by atoms with Gasteiger partial charge in [0.15, 0.2) is 0 Å². The zero-order valence-corrected chi connectivity index (χ0v) is 8.58. The maximum atomic E-state index is 11.0. The van der Waals surface area contributed by atoms with Gasteiger partial charge in [-0.15, -0.1) is 0 Å². The summed E-state index contributed by atoms with van der Waals surface area (Å²) in [7, 11) is 0. The summed E-state index contributed by atoms with van der Waals surface area (Å²) in [4.78, 5) is 12.8. The summed E-state index contributed by atoms with van der Waals surface area (Å²) in [5, 5.41) is 18.2. The molecule has 0 aliphatic carbocycles. The zero-order valence-electron chi connectivity index (χ0n) is 8.58. The molecule has 0 aromatic heterocycles. The molecular weight excluding hydrogens is 170 g/mol. The minimum atomic E-state index is -1.09. The number of carboxylic acids is 1. The number of aliphatic hydroxyl groups is 1. The van der Waals surface area contributed by atoms with Crippen molar-refractivity contribution >= 4 is 5.97 Å². The topological polar surface area (TPSA) is 60.8 Å². The molecule has 0 aromatic carbocycles. The molecule has 0 saturated heterocycles. The predicted octanol–water partition coefficient (Wildman–Crippen LogP) is 0.554. The summed E-state index contributed by atoms with van der Waals surface area (Å²) in [5.41, 5.74) is -1.09. The lowest BCUT2D eigenvalue weighted by molar-refractivity contribution is -0.155. The van der Waals surface area contributed by atoms with E-state index in [4.69, 9.17) is 10.2 Å². The first-order valence-corrected chi connectivity index (χ1v) is 4.68. The molecule has 4 heteroatoms. The van der Waals surface area contributed by atoms with Crippen LogP contribution in [0.1, 0.15) is 27.2 Å². The Bertz CT molecular complexity index is 162. The highest BCUT2D eigenvalue weighted by Crippen LogP contribution is 2.19. The highest BCUT2D eigenvalue weighted by molar-refractivity contribution is 5.78. The number of nitrogens with zero attached hydrogens (tertiary/aromatic N) is 1. The monoisotopic (exact) mass is 189 g/mol. The van der Waals surface area contributed by atoms with E-state index in [-0.39, 0.29) is 6.61 Å². The maximum Gasteiger partial charge on any atom is 0.326 e. The molecule has 4 nitrogen and oxygen atoms in total. The van der Waals surface area contributed by atoms with E-state index in [2.05, 4.69) is 0 Å². The van der Waals surface area contributed by atoms with Crippen LogP contribution in [0.3, 0.4) is 0 Å². The van der Waals surface area contributed by atoms with Crippen molar-refractivity contribution < 1.29 is 15.0 Å². The van der Waals surface area contributed by atoms with Crippen LogP contribution >= 0.6 is 0 Å². The SMILES string of the molecule is CCN(CC)[C@@](CC)(CO)C(=O)O. The number of hydrogen-bond acceptors (Lipinski definition) is 3. The molecule has 0 amide bonds. The van der Waals surface area contributed by atoms with Gasteiger partial charge >= 0.3 is 5.97 Å². The molecule has 0 unspecified atom stereocenters. The van der Waals surface area contributed by atoms with E-state index in [1.54, 1.807) is 11.8 Å². The van der Waals surface area contributed by atoms with E-state index in [9.17, 15) is 4.79 Å². The summed E-state index contributed by atoms with van der Waals surface area (Å²) in [6, 6.07) is 0. The van der Waals surface area contributed by atoms with Crippen LogP contribution in [0.25, 0.3) is 0 Å². The largest absolute Gasteiger partial charge is 0.480 e. The van der Waals surface area contributed by atoms with E-state index in [0.717, 1.165) is 0 Å². The lowest BCUT2D eigenvalue weighted by atomic mass is 9.95. The van der Waals surface area contributed by atoms with Gasteiger partial charge in [0.25, 0.3) is 0 Å². The quantitative estimate of drug-likeness (QED) is 0.640. The summed E-state index contributed by atoms with van der Waals surface area (Å²) < 4.78 is 0. The van der Waals surface area contributed by atoms with Crippen molar-refractivity contribution in [1.82, 2.24) is 4.90 Å². The molecule has 13 heavy (non-hydrogen) atoms. The Kier molecular flexibility index (Phi) is 4.95. The standard InChI is InChI=1S/C9H19NO3/c1-4-9(7-11,8(12)13)10(5-2)6-3/h11H,4-7H2,1-3H3,(H,12,13)/t9-/m0/s1. The van der Waals surface area contributed by atoms with Gasteiger partial charge in [-0.2, -0.15) is 0 Å². The van der Waals surface area contributed by atoms with Crippen LogP contribution in [-0.4, -0.2) is 46.3 Å². The van der Waals surface area contributed by atoms with Gasteiger partial charge in [-0.1, -0.05) is 20.8 Å². The van der Waals surface area contributed by atoms with E-state index < -0.39 is 11.5 Å². The van der Waals surface area contributed by atoms with Crippen LogP contribution in [0.15, 0.2) is 0 Å². The van der Waals surface area contributed by atoms with Gasteiger partial charge in [0.2, 0.25) is 0 Å². The molecule has 0 radical (unpaired) electrons. The second-order valence-electron chi connectivity index (χ2n) is 3.02. The fourth-order valence-corrected chi connectivity index (χ4v) is 1.62. The number of carboxylic acid groups (broad SMARTS) is 1. The second-order valence-corrected chi connectivity index (χ2v) is 3.02. The molecule has 0 rings (SSSR count). The number of rotatable bonds is 6. The normalized spacial score (nSPS) is 15.8. The van der Waals surface area contributed by atoms with Crippen LogP contribution in [-0.2, 0) is 4.79 Å². The van der Waals surface area contributed by atoms with Gasteiger partial charge in [0, 0.05) is 0 Å². The molecule has 0 bridgehead atoms. The van der Waals surface area contributed by atoms with E-state index >= 15 is 0 Å². The molecule has 1 atom stereocenters. The first-order chi connectivity index (χ1) is 6.08. The van der Waals surface area contributed by atoms with Crippen molar-refractivity contribution in [2.75, 3.05) is 19.7 Å². The Morgan fingerprint density at radius 1 is 1.31 bits per heavy atom. The van der Waals surface area contributed by atoms with E-state index in [1.807, 2.05) is 13.8 Å². The van der Waals surface area contributed by atoms with Crippen molar-refractivity contribution in [3.8, 4) is 0 Å². The summed E-state index contributed by atoms with van der Waals surface area (Å²) in [6.07, 6.45) is 0.417. The number of aliphatic hydroxyl groups excluding tert-OH is 1. The lowest BCUT2D eigenvalue weighted by Gasteiger charge is -2.37. The molecule has 78 valence electrons.